The van der Waals surface area contributed by atoms with Crippen molar-refractivity contribution >= 4 is 11.3 Å². The van der Waals surface area contributed by atoms with Gasteiger partial charge in [0.15, 0.2) is 0 Å². The van der Waals surface area contributed by atoms with E-state index in [1.165, 1.54) is 0 Å². The summed E-state index contributed by atoms with van der Waals surface area (Å²) in [5.41, 5.74) is 12.4. The fourth-order valence-corrected chi connectivity index (χ4v) is 2.40. The second-order valence-electron chi connectivity index (χ2n) is 4.02. The van der Waals surface area contributed by atoms with Crippen LogP contribution in [0.4, 0.5) is 0 Å². The van der Waals surface area contributed by atoms with E-state index in [9.17, 15) is 0 Å². The van der Waals surface area contributed by atoms with Gasteiger partial charge in [-0.15, -0.1) is 0 Å². The lowest BCUT2D eigenvalue weighted by atomic mass is 10.0. The first-order valence-corrected chi connectivity index (χ1v) is 6.29. The highest BCUT2D eigenvalue weighted by molar-refractivity contribution is 7.08. The molecule has 0 spiro atoms. The summed E-state index contributed by atoms with van der Waals surface area (Å²) in [4.78, 5) is 2.82. The number of aromatic amines is 1. The lowest BCUT2D eigenvalue weighted by Gasteiger charge is -2.04. The Hall–Kier alpha value is -1.78. The average molecular weight is 247 g/mol. The fourth-order valence-electron chi connectivity index (χ4n) is 1.76. The Morgan fingerprint density at radius 1 is 1.59 bits per heavy atom. The Labute approximate surface area is 103 Å². The van der Waals surface area contributed by atoms with E-state index in [0.29, 0.717) is 12.5 Å². The Balaban J connectivity index is 2.48. The summed E-state index contributed by atoms with van der Waals surface area (Å²) in [5.74, 6) is 0.332. The van der Waals surface area contributed by atoms with Crippen LogP contribution >= 0.6 is 11.3 Å². The zero-order valence-electron chi connectivity index (χ0n) is 9.71. The molecule has 2 heterocycles. The van der Waals surface area contributed by atoms with Crippen LogP contribution in [-0.2, 0) is 6.54 Å². The standard InChI is InChI=1S/C11H13N5S/c1-7(2)10-9(5-13-16-12)11(15-14-10)8-3-4-17-6-8/h3-4,6-7H,5H2,1-2H3,(H,14,15). The van der Waals surface area contributed by atoms with E-state index in [0.717, 1.165) is 22.5 Å². The first kappa shape index (κ1) is 11.7. The zero-order valence-corrected chi connectivity index (χ0v) is 10.5. The normalized spacial score (nSPS) is 10.5. The minimum absolute atomic E-state index is 0.332. The number of aromatic nitrogens is 2. The topological polar surface area (TPSA) is 77.4 Å². The Morgan fingerprint density at radius 3 is 3.00 bits per heavy atom. The molecule has 88 valence electrons. The van der Waals surface area contributed by atoms with Crippen molar-refractivity contribution in [1.82, 2.24) is 10.2 Å². The molecule has 0 aliphatic heterocycles. The first-order chi connectivity index (χ1) is 8.24. The lowest BCUT2D eigenvalue weighted by Crippen LogP contribution is -1.93. The van der Waals surface area contributed by atoms with Gasteiger partial charge in [-0.05, 0) is 22.9 Å². The molecule has 0 atom stereocenters. The van der Waals surface area contributed by atoms with Gasteiger partial charge in [0.25, 0.3) is 0 Å². The predicted molar refractivity (Wildman–Crippen MR) is 68.8 cm³/mol. The monoisotopic (exact) mass is 247 g/mol. The van der Waals surface area contributed by atoms with Crippen LogP contribution in [0.25, 0.3) is 21.7 Å². The molecule has 0 aliphatic carbocycles. The molecule has 0 radical (unpaired) electrons. The Morgan fingerprint density at radius 2 is 2.41 bits per heavy atom. The van der Waals surface area contributed by atoms with E-state index in [-0.39, 0.29) is 0 Å². The summed E-state index contributed by atoms with van der Waals surface area (Å²) in [6.07, 6.45) is 0. The first-order valence-electron chi connectivity index (χ1n) is 5.34. The maximum Gasteiger partial charge on any atom is 0.0965 e. The number of nitrogens with one attached hydrogen (secondary N) is 1. The molecule has 17 heavy (non-hydrogen) atoms. The maximum atomic E-state index is 8.45. The average Bonchev–Trinajstić information content (AvgIpc) is 2.94. The smallest absolute Gasteiger partial charge is 0.0965 e. The fraction of sp³-hybridized carbons (Fsp3) is 0.364. The van der Waals surface area contributed by atoms with Gasteiger partial charge in [0, 0.05) is 27.1 Å². The molecule has 5 nitrogen and oxygen atoms in total. The summed E-state index contributed by atoms with van der Waals surface area (Å²) >= 11 is 1.63. The van der Waals surface area contributed by atoms with E-state index >= 15 is 0 Å². The van der Waals surface area contributed by atoms with Crippen molar-refractivity contribution in [2.24, 2.45) is 5.11 Å². The highest BCUT2D eigenvalue weighted by Crippen LogP contribution is 2.29. The SMILES string of the molecule is CC(C)c1[nH]nc(-c2ccsc2)c1CN=[N+]=[N-]. The molecule has 0 bridgehead atoms. The van der Waals surface area contributed by atoms with Gasteiger partial charge < -0.3 is 0 Å². The molecule has 0 unspecified atom stereocenters. The van der Waals surface area contributed by atoms with Crippen LogP contribution in [0.5, 0.6) is 0 Å². The molecular formula is C11H13N5S. The minimum atomic E-state index is 0.332. The van der Waals surface area contributed by atoms with Gasteiger partial charge >= 0.3 is 0 Å². The van der Waals surface area contributed by atoms with Gasteiger partial charge in [-0.1, -0.05) is 19.0 Å². The molecule has 0 saturated carbocycles. The molecule has 1 N–H and O–H groups in total. The van der Waals surface area contributed by atoms with Gasteiger partial charge in [0.05, 0.1) is 12.2 Å². The molecule has 2 rings (SSSR count). The van der Waals surface area contributed by atoms with Crippen molar-refractivity contribution in [3.63, 3.8) is 0 Å². The van der Waals surface area contributed by atoms with Gasteiger partial charge in [-0.2, -0.15) is 16.4 Å². The van der Waals surface area contributed by atoms with Crippen molar-refractivity contribution in [2.45, 2.75) is 26.3 Å². The molecule has 0 aliphatic rings. The number of H-pyrrole nitrogens is 1. The van der Waals surface area contributed by atoms with Gasteiger partial charge in [-0.3, -0.25) is 5.10 Å². The van der Waals surface area contributed by atoms with E-state index in [1.54, 1.807) is 11.3 Å². The molecule has 0 aromatic carbocycles. The largest absolute Gasteiger partial charge is 0.281 e. The van der Waals surface area contributed by atoms with Crippen LogP contribution in [-0.4, -0.2) is 10.2 Å². The van der Waals surface area contributed by atoms with Crippen LogP contribution in [0.3, 0.4) is 0 Å². The summed E-state index contributed by atoms with van der Waals surface area (Å²) in [6.45, 7) is 4.51. The third-order valence-electron chi connectivity index (χ3n) is 2.56. The number of hydrogen-bond acceptors (Lipinski definition) is 3. The lowest BCUT2D eigenvalue weighted by molar-refractivity contribution is 0.794. The van der Waals surface area contributed by atoms with E-state index in [2.05, 4.69) is 34.1 Å². The summed E-state index contributed by atoms with van der Waals surface area (Å²) in [6, 6.07) is 2.02. The van der Waals surface area contributed by atoms with Crippen LogP contribution < -0.4 is 0 Å². The molecule has 2 aromatic heterocycles. The molecule has 0 saturated heterocycles. The number of hydrogen-bond donors (Lipinski definition) is 1. The highest BCUT2D eigenvalue weighted by atomic mass is 32.1. The molecular weight excluding hydrogens is 234 g/mol. The van der Waals surface area contributed by atoms with Crippen LogP contribution in [0.15, 0.2) is 21.9 Å². The highest BCUT2D eigenvalue weighted by Gasteiger charge is 2.16. The second kappa shape index (κ2) is 5.03. The van der Waals surface area contributed by atoms with Crippen molar-refractivity contribution in [1.29, 1.82) is 0 Å². The third-order valence-corrected chi connectivity index (χ3v) is 3.25. The Kier molecular flexibility index (Phi) is 3.46. The second-order valence-corrected chi connectivity index (χ2v) is 4.80. The zero-order chi connectivity index (χ0) is 12.3. The summed E-state index contributed by atoms with van der Waals surface area (Å²) in [5, 5.41) is 15.1. The van der Waals surface area contributed by atoms with E-state index < -0.39 is 0 Å². The number of thiophene rings is 1. The molecule has 0 amide bonds. The van der Waals surface area contributed by atoms with Crippen molar-refractivity contribution in [3.8, 4) is 11.3 Å². The molecule has 6 heteroatoms. The number of rotatable bonds is 4. The van der Waals surface area contributed by atoms with E-state index in [1.807, 2.05) is 16.8 Å². The summed E-state index contributed by atoms with van der Waals surface area (Å²) < 4.78 is 0. The van der Waals surface area contributed by atoms with Crippen LogP contribution in [0.1, 0.15) is 31.0 Å². The molecule has 0 fully saturated rings. The van der Waals surface area contributed by atoms with Crippen molar-refractivity contribution in [2.75, 3.05) is 0 Å². The maximum absolute atomic E-state index is 8.45. The van der Waals surface area contributed by atoms with Crippen LogP contribution in [0, 0.1) is 0 Å². The summed E-state index contributed by atoms with van der Waals surface area (Å²) in [7, 11) is 0. The third kappa shape index (κ3) is 2.33. The number of azide groups is 1. The predicted octanol–water partition coefficient (Wildman–Crippen LogP) is 4.07. The van der Waals surface area contributed by atoms with E-state index in [4.69, 9.17) is 5.53 Å². The van der Waals surface area contributed by atoms with Crippen molar-refractivity contribution < 1.29 is 0 Å². The molecule has 2 aromatic rings. The van der Waals surface area contributed by atoms with Crippen molar-refractivity contribution in [3.05, 3.63) is 38.5 Å². The van der Waals surface area contributed by atoms with Gasteiger partial charge in [-0.25, -0.2) is 0 Å². The Bertz CT molecular complexity index is 534. The minimum Gasteiger partial charge on any atom is -0.281 e. The van der Waals surface area contributed by atoms with Gasteiger partial charge in [0.1, 0.15) is 0 Å². The number of nitrogens with zero attached hydrogens (tertiary/aromatic N) is 4. The van der Waals surface area contributed by atoms with Gasteiger partial charge in [0.2, 0.25) is 0 Å². The quantitative estimate of drug-likeness (QED) is 0.493. The van der Waals surface area contributed by atoms with Crippen LogP contribution in [0.2, 0.25) is 0 Å².